The minimum Gasteiger partial charge on any atom is -0.478 e. The second kappa shape index (κ2) is 3.61. The van der Waals surface area contributed by atoms with Gasteiger partial charge < -0.3 is 9.84 Å². The molecular weight excluding hydrogens is 230 g/mol. The SMILES string of the molecule is COc1nc(Cl)cn2cc(C(C)(C)O)nc12. The van der Waals surface area contributed by atoms with Crippen molar-refractivity contribution in [2.45, 2.75) is 19.4 Å². The third-order valence-corrected chi connectivity index (χ3v) is 2.38. The van der Waals surface area contributed by atoms with Crippen LogP contribution >= 0.6 is 11.6 Å². The van der Waals surface area contributed by atoms with E-state index in [-0.39, 0.29) is 0 Å². The summed E-state index contributed by atoms with van der Waals surface area (Å²) in [7, 11) is 1.50. The van der Waals surface area contributed by atoms with Gasteiger partial charge in [0.05, 0.1) is 12.8 Å². The van der Waals surface area contributed by atoms with Gasteiger partial charge in [0.2, 0.25) is 5.65 Å². The number of hydrogen-bond donors (Lipinski definition) is 1. The van der Waals surface area contributed by atoms with Gasteiger partial charge in [-0.3, -0.25) is 4.40 Å². The average molecular weight is 242 g/mol. The number of methoxy groups -OCH3 is 1. The zero-order valence-corrected chi connectivity index (χ0v) is 9.99. The number of fused-ring (bicyclic) bond motifs is 1. The Kier molecular flexibility index (Phi) is 2.52. The Morgan fingerprint density at radius 1 is 1.38 bits per heavy atom. The van der Waals surface area contributed by atoms with Crippen LogP contribution in [-0.4, -0.2) is 26.6 Å². The van der Waals surface area contributed by atoms with Crippen LogP contribution in [0, 0.1) is 0 Å². The second-order valence-electron chi connectivity index (χ2n) is 3.99. The van der Waals surface area contributed by atoms with Crippen LogP contribution in [0.4, 0.5) is 0 Å². The molecule has 0 amide bonds. The second-order valence-corrected chi connectivity index (χ2v) is 4.38. The molecule has 6 heteroatoms. The molecule has 86 valence electrons. The highest BCUT2D eigenvalue weighted by atomic mass is 35.5. The topological polar surface area (TPSA) is 59.7 Å². The number of aromatic nitrogens is 3. The predicted molar refractivity (Wildman–Crippen MR) is 59.8 cm³/mol. The van der Waals surface area contributed by atoms with E-state index in [1.807, 2.05) is 0 Å². The molecule has 2 aromatic heterocycles. The van der Waals surface area contributed by atoms with Crippen LogP contribution < -0.4 is 4.74 Å². The number of rotatable bonds is 2. The van der Waals surface area contributed by atoms with Gasteiger partial charge in [0.15, 0.2) is 0 Å². The van der Waals surface area contributed by atoms with Gasteiger partial charge in [-0.05, 0) is 13.8 Å². The van der Waals surface area contributed by atoms with Crippen LogP contribution in [0.2, 0.25) is 5.15 Å². The maximum atomic E-state index is 9.85. The van der Waals surface area contributed by atoms with E-state index in [0.717, 1.165) is 0 Å². The summed E-state index contributed by atoms with van der Waals surface area (Å²) >= 11 is 5.82. The first-order valence-corrected chi connectivity index (χ1v) is 5.11. The minimum absolute atomic E-state index is 0.309. The Balaban J connectivity index is 2.70. The number of ether oxygens (including phenoxy) is 1. The van der Waals surface area contributed by atoms with E-state index in [1.165, 1.54) is 7.11 Å². The third-order valence-electron chi connectivity index (χ3n) is 2.20. The van der Waals surface area contributed by atoms with E-state index >= 15 is 0 Å². The Hall–Kier alpha value is -1.33. The molecule has 0 spiro atoms. The van der Waals surface area contributed by atoms with Crippen LogP contribution in [0.15, 0.2) is 12.4 Å². The van der Waals surface area contributed by atoms with E-state index in [9.17, 15) is 5.11 Å². The molecule has 0 aliphatic carbocycles. The monoisotopic (exact) mass is 241 g/mol. The van der Waals surface area contributed by atoms with Gasteiger partial charge in [0.1, 0.15) is 10.8 Å². The lowest BCUT2D eigenvalue weighted by Crippen LogP contribution is -2.15. The van der Waals surface area contributed by atoms with Crippen molar-refractivity contribution in [3.05, 3.63) is 23.2 Å². The summed E-state index contributed by atoms with van der Waals surface area (Å²) in [4.78, 5) is 8.26. The molecule has 0 saturated heterocycles. The summed E-state index contributed by atoms with van der Waals surface area (Å²) in [5.41, 5.74) is 0.0580. The zero-order chi connectivity index (χ0) is 11.9. The molecule has 0 fully saturated rings. The van der Waals surface area contributed by atoms with Crippen LogP contribution in [0.25, 0.3) is 5.65 Å². The first kappa shape index (κ1) is 11.2. The Morgan fingerprint density at radius 2 is 2.06 bits per heavy atom. The molecular formula is C10H12ClN3O2. The van der Waals surface area contributed by atoms with Crippen molar-refractivity contribution in [1.29, 1.82) is 0 Å². The van der Waals surface area contributed by atoms with Crippen molar-refractivity contribution in [2.75, 3.05) is 7.11 Å². The smallest absolute Gasteiger partial charge is 0.259 e. The normalized spacial score (nSPS) is 12.1. The fraction of sp³-hybridized carbons (Fsp3) is 0.400. The van der Waals surface area contributed by atoms with E-state index in [1.54, 1.807) is 30.6 Å². The highest BCUT2D eigenvalue weighted by Crippen LogP contribution is 2.24. The Labute approximate surface area is 97.7 Å². The maximum absolute atomic E-state index is 9.85. The zero-order valence-electron chi connectivity index (χ0n) is 9.23. The Bertz CT molecular complexity index is 531. The molecule has 0 saturated carbocycles. The lowest BCUT2D eigenvalue weighted by Gasteiger charge is -2.12. The number of imidazole rings is 1. The fourth-order valence-corrected chi connectivity index (χ4v) is 1.55. The van der Waals surface area contributed by atoms with Crippen LogP contribution in [0.5, 0.6) is 5.88 Å². The molecule has 2 heterocycles. The van der Waals surface area contributed by atoms with Crippen molar-refractivity contribution >= 4 is 17.2 Å². The molecule has 0 aliphatic heterocycles. The van der Waals surface area contributed by atoms with Crippen LogP contribution in [0.1, 0.15) is 19.5 Å². The summed E-state index contributed by atoms with van der Waals surface area (Å²) < 4.78 is 6.76. The van der Waals surface area contributed by atoms with Gasteiger partial charge in [-0.2, -0.15) is 4.98 Å². The molecule has 0 aromatic carbocycles. The van der Waals surface area contributed by atoms with Crippen LogP contribution in [-0.2, 0) is 5.60 Å². The largest absolute Gasteiger partial charge is 0.478 e. The van der Waals surface area contributed by atoms with Crippen molar-refractivity contribution in [3.63, 3.8) is 0 Å². The van der Waals surface area contributed by atoms with Crippen molar-refractivity contribution in [3.8, 4) is 5.88 Å². The number of halogens is 1. The van der Waals surface area contributed by atoms with Crippen molar-refractivity contribution in [1.82, 2.24) is 14.4 Å². The molecule has 0 bridgehead atoms. The van der Waals surface area contributed by atoms with E-state index in [0.29, 0.717) is 22.4 Å². The van der Waals surface area contributed by atoms with Gasteiger partial charge in [0, 0.05) is 12.4 Å². The van der Waals surface area contributed by atoms with E-state index < -0.39 is 5.60 Å². The van der Waals surface area contributed by atoms with E-state index in [4.69, 9.17) is 16.3 Å². The molecule has 2 rings (SSSR count). The standard InChI is InChI=1S/C10H12ClN3O2/c1-10(2,15)6-4-14-5-7(11)13-9(16-3)8(14)12-6/h4-5,15H,1-3H3. The fourth-order valence-electron chi connectivity index (χ4n) is 1.37. The molecule has 1 N–H and O–H groups in total. The van der Waals surface area contributed by atoms with Gasteiger partial charge in [-0.15, -0.1) is 0 Å². The number of hydrogen-bond acceptors (Lipinski definition) is 4. The summed E-state index contributed by atoms with van der Waals surface area (Å²) in [6.07, 6.45) is 3.31. The highest BCUT2D eigenvalue weighted by molar-refractivity contribution is 6.29. The number of nitrogens with zero attached hydrogens (tertiary/aromatic N) is 3. The van der Waals surface area contributed by atoms with Gasteiger partial charge in [0.25, 0.3) is 5.88 Å². The Morgan fingerprint density at radius 3 is 2.62 bits per heavy atom. The summed E-state index contributed by atoms with van der Waals surface area (Å²) in [5, 5.41) is 10.2. The summed E-state index contributed by atoms with van der Waals surface area (Å²) in [6.45, 7) is 3.33. The molecule has 0 aliphatic rings. The first-order chi connectivity index (χ1) is 7.41. The van der Waals surface area contributed by atoms with Gasteiger partial charge in [-0.25, -0.2) is 4.98 Å². The van der Waals surface area contributed by atoms with Gasteiger partial charge >= 0.3 is 0 Å². The predicted octanol–water partition coefficient (Wildman–Crippen LogP) is 1.62. The highest BCUT2D eigenvalue weighted by Gasteiger charge is 2.21. The van der Waals surface area contributed by atoms with E-state index in [2.05, 4.69) is 9.97 Å². The summed E-state index contributed by atoms with van der Waals surface area (Å²) in [5.74, 6) is 0.336. The molecule has 0 unspecified atom stereocenters. The number of aliphatic hydroxyl groups is 1. The molecule has 0 radical (unpaired) electrons. The maximum Gasteiger partial charge on any atom is 0.259 e. The first-order valence-electron chi connectivity index (χ1n) is 4.74. The third kappa shape index (κ3) is 1.83. The molecule has 2 aromatic rings. The van der Waals surface area contributed by atoms with Gasteiger partial charge in [-0.1, -0.05) is 11.6 Å². The quantitative estimate of drug-likeness (QED) is 0.868. The van der Waals surface area contributed by atoms with Crippen molar-refractivity contribution < 1.29 is 9.84 Å². The van der Waals surface area contributed by atoms with Crippen LogP contribution in [0.3, 0.4) is 0 Å². The minimum atomic E-state index is -1.01. The average Bonchev–Trinajstić information content (AvgIpc) is 2.59. The molecule has 16 heavy (non-hydrogen) atoms. The summed E-state index contributed by atoms with van der Waals surface area (Å²) in [6, 6.07) is 0. The van der Waals surface area contributed by atoms with Crippen molar-refractivity contribution in [2.24, 2.45) is 0 Å². The molecule has 0 atom stereocenters. The molecule has 5 nitrogen and oxygen atoms in total. The lowest BCUT2D eigenvalue weighted by molar-refractivity contribution is 0.0744. The lowest BCUT2D eigenvalue weighted by atomic mass is 10.1.